The van der Waals surface area contributed by atoms with Crippen molar-refractivity contribution in [1.82, 2.24) is 10.9 Å². The van der Waals surface area contributed by atoms with Gasteiger partial charge in [-0.15, -0.1) is 0 Å². The van der Waals surface area contributed by atoms with Gasteiger partial charge in [0.05, 0.1) is 6.61 Å². The minimum Gasteiger partial charge on any atom is -0.494 e. The number of hydrogen-bond acceptors (Lipinski definition) is 6. The van der Waals surface area contributed by atoms with Gasteiger partial charge in [-0.3, -0.25) is 10.2 Å². The number of aliphatic hydroxyl groups is 1. The first-order valence-corrected chi connectivity index (χ1v) is 16.3. The lowest BCUT2D eigenvalue weighted by Crippen LogP contribution is -2.54. The molecule has 5 rings (SSSR count). The number of carbonyl (C=O) groups excluding carboxylic acids is 1. The number of halogens is 4. The number of ether oxygens (including phenoxy) is 2. The van der Waals surface area contributed by atoms with E-state index in [2.05, 4.69) is 26.8 Å². The van der Waals surface area contributed by atoms with Gasteiger partial charge in [0.15, 0.2) is 11.6 Å². The number of hydrazine groups is 1. The van der Waals surface area contributed by atoms with Gasteiger partial charge < -0.3 is 14.6 Å². The van der Waals surface area contributed by atoms with Crippen LogP contribution in [0.15, 0.2) is 100 Å². The number of nitrogens with one attached hydrogen (secondary N) is 2. The third kappa shape index (κ3) is 8.19. The molecule has 0 aliphatic carbocycles. The van der Waals surface area contributed by atoms with Crippen molar-refractivity contribution < 1.29 is 19.4 Å². The van der Waals surface area contributed by atoms with E-state index < -0.39 is 11.6 Å². The molecule has 0 saturated heterocycles. The Morgan fingerprint density at radius 1 is 0.978 bits per heavy atom. The van der Waals surface area contributed by atoms with Gasteiger partial charge in [-0.1, -0.05) is 87.1 Å². The molecule has 0 radical (unpaired) electrons. The van der Waals surface area contributed by atoms with E-state index in [1.54, 1.807) is 30.3 Å². The summed E-state index contributed by atoms with van der Waals surface area (Å²) in [6.07, 6.45) is 0.481. The number of rotatable bonds is 13. The molecule has 3 N–H and O–H groups in total. The summed E-state index contributed by atoms with van der Waals surface area (Å²) in [5.74, 6) is 0.539. The fourth-order valence-electron chi connectivity index (χ4n) is 5.06. The predicted molar refractivity (Wildman–Crippen MR) is 182 cm³/mol. The van der Waals surface area contributed by atoms with Crippen molar-refractivity contribution in [3.8, 4) is 5.75 Å². The van der Waals surface area contributed by atoms with E-state index in [1.165, 1.54) is 0 Å². The van der Waals surface area contributed by atoms with Crippen LogP contribution in [-0.4, -0.2) is 42.2 Å². The number of benzene rings is 4. The lowest BCUT2D eigenvalue weighted by Gasteiger charge is -2.31. The molecular formula is C34H31BrCl3N3O4. The lowest BCUT2D eigenvalue weighted by atomic mass is 9.82. The zero-order valence-corrected chi connectivity index (χ0v) is 28.0. The molecule has 0 fully saturated rings. The van der Waals surface area contributed by atoms with Crippen molar-refractivity contribution in [2.45, 2.75) is 30.9 Å². The Morgan fingerprint density at radius 2 is 1.76 bits per heavy atom. The van der Waals surface area contributed by atoms with Gasteiger partial charge in [0.1, 0.15) is 5.75 Å². The van der Waals surface area contributed by atoms with Gasteiger partial charge in [0, 0.05) is 56.7 Å². The highest BCUT2D eigenvalue weighted by molar-refractivity contribution is 9.10. The SMILES string of the molecule is O=C(NNCCc1cccc(Cl)c1)[C@@]1(Cc2ccccc2Br)N=C(c2ccc(OCCCO)cc2)O[C@H]1c1ccc(Cl)cc1Cl. The van der Waals surface area contributed by atoms with Crippen LogP contribution in [0.4, 0.5) is 0 Å². The third-order valence-electron chi connectivity index (χ3n) is 7.32. The standard InChI is InChI=1S/C34H31BrCl3N3O4/c35-29-8-2-1-6-24(29)21-34(33(43)41-39-16-15-22-5-3-7-25(36)19-22)31(28-14-11-26(37)20-30(28)38)45-32(40-34)23-9-12-27(13-10-23)44-18-4-17-42/h1-3,5-14,19-20,31,39,42H,4,15-18,21H2,(H,41,43)/t31-,34-/m0/s1. The fourth-order valence-corrected chi connectivity index (χ4v) is 6.20. The maximum Gasteiger partial charge on any atom is 0.266 e. The van der Waals surface area contributed by atoms with Crippen molar-refractivity contribution in [2.75, 3.05) is 19.8 Å². The average molecular weight is 732 g/mol. The van der Waals surface area contributed by atoms with Crippen LogP contribution in [-0.2, 0) is 22.4 Å². The molecule has 11 heteroatoms. The van der Waals surface area contributed by atoms with E-state index in [4.69, 9.17) is 54.4 Å². The highest BCUT2D eigenvalue weighted by atomic mass is 79.9. The number of carbonyl (C=O) groups is 1. The van der Waals surface area contributed by atoms with Gasteiger partial charge >= 0.3 is 0 Å². The monoisotopic (exact) mass is 729 g/mol. The molecule has 2 atom stereocenters. The van der Waals surface area contributed by atoms with E-state index in [9.17, 15) is 4.79 Å². The molecule has 0 bridgehead atoms. The lowest BCUT2D eigenvalue weighted by molar-refractivity contribution is -0.130. The van der Waals surface area contributed by atoms with Crippen LogP contribution < -0.4 is 15.6 Å². The molecular weight excluding hydrogens is 701 g/mol. The number of aliphatic imine (C=N–C) groups is 1. The highest BCUT2D eigenvalue weighted by Crippen LogP contribution is 2.45. The number of hydrogen-bond donors (Lipinski definition) is 3. The van der Waals surface area contributed by atoms with Crippen LogP contribution in [0.1, 0.15) is 34.8 Å². The van der Waals surface area contributed by atoms with Crippen molar-refractivity contribution in [2.24, 2.45) is 4.99 Å². The smallest absolute Gasteiger partial charge is 0.266 e. The molecule has 1 heterocycles. The Balaban J connectivity index is 1.51. The average Bonchev–Trinajstić information content (AvgIpc) is 3.41. The summed E-state index contributed by atoms with van der Waals surface area (Å²) < 4.78 is 13.1. The Labute approximate surface area is 285 Å². The molecule has 4 aromatic carbocycles. The molecule has 0 aromatic heterocycles. The molecule has 0 unspecified atom stereocenters. The molecule has 0 spiro atoms. The van der Waals surface area contributed by atoms with E-state index in [1.807, 2.05) is 60.7 Å². The summed E-state index contributed by atoms with van der Waals surface area (Å²) >= 11 is 22.8. The van der Waals surface area contributed by atoms with Crippen molar-refractivity contribution in [1.29, 1.82) is 0 Å². The molecule has 1 aliphatic rings. The summed E-state index contributed by atoms with van der Waals surface area (Å²) in [6, 6.07) is 27.6. The molecule has 4 aromatic rings. The Hall–Kier alpha value is -3.11. The second kappa shape index (κ2) is 15.5. The Kier molecular flexibility index (Phi) is 11.4. The largest absolute Gasteiger partial charge is 0.494 e. The van der Waals surface area contributed by atoms with Gasteiger partial charge in [-0.2, -0.15) is 0 Å². The third-order valence-corrected chi connectivity index (χ3v) is 8.89. The summed E-state index contributed by atoms with van der Waals surface area (Å²) in [4.78, 5) is 19.4. The zero-order valence-electron chi connectivity index (χ0n) is 24.1. The predicted octanol–water partition coefficient (Wildman–Crippen LogP) is 7.53. The van der Waals surface area contributed by atoms with Gasteiger partial charge in [-0.05, 0) is 72.1 Å². The molecule has 0 saturated carbocycles. The van der Waals surface area contributed by atoms with E-state index >= 15 is 0 Å². The summed E-state index contributed by atoms with van der Waals surface area (Å²) in [6.45, 7) is 0.900. The summed E-state index contributed by atoms with van der Waals surface area (Å²) in [5.41, 5.74) is 7.64. The number of nitrogens with zero attached hydrogens (tertiary/aromatic N) is 1. The first-order chi connectivity index (χ1) is 21.8. The minimum absolute atomic E-state index is 0.0501. The van der Waals surface area contributed by atoms with Crippen LogP contribution in [0.2, 0.25) is 15.1 Å². The van der Waals surface area contributed by atoms with Crippen LogP contribution in [0.3, 0.4) is 0 Å². The second-order valence-electron chi connectivity index (χ2n) is 10.5. The van der Waals surface area contributed by atoms with Crippen molar-refractivity contribution in [3.05, 3.63) is 133 Å². The fraction of sp³-hybridized carbons (Fsp3) is 0.235. The van der Waals surface area contributed by atoms with Crippen LogP contribution in [0, 0.1) is 0 Å². The zero-order chi connectivity index (χ0) is 31.8. The molecule has 234 valence electrons. The maximum atomic E-state index is 14.4. The molecule has 7 nitrogen and oxygen atoms in total. The molecule has 1 aliphatic heterocycles. The number of aliphatic hydroxyl groups excluding tert-OH is 1. The summed E-state index contributed by atoms with van der Waals surface area (Å²) in [5, 5.41) is 10.5. The Bertz CT molecular complexity index is 1670. The van der Waals surface area contributed by atoms with Crippen LogP contribution >= 0.6 is 50.7 Å². The van der Waals surface area contributed by atoms with Crippen molar-refractivity contribution in [3.63, 3.8) is 0 Å². The molecule has 45 heavy (non-hydrogen) atoms. The quantitative estimate of drug-likeness (QED) is 0.0978. The number of amides is 1. The summed E-state index contributed by atoms with van der Waals surface area (Å²) in [7, 11) is 0. The first kappa shape index (κ1) is 33.3. The normalized spacial score (nSPS) is 17.4. The minimum atomic E-state index is -1.46. The first-order valence-electron chi connectivity index (χ1n) is 14.4. The maximum absolute atomic E-state index is 14.4. The topological polar surface area (TPSA) is 92.2 Å². The van der Waals surface area contributed by atoms with Gasteiger partial charge in [-0.25, -0.2) is 10.4 Å². The van der Waals surface area contributed by atoms with E-state index in [-0.39, 0.29) is 24.8 Å². The second-order valence-corrected chi connectivity index (χ2v) is 12.6. The Morgan fingerprint density at radius 3 is 2.49 bits per heavy atom. The van der Waals surface area contributed by atoms with E-state index in [0.29, 0.717) is 57.9 Å². The van der Waals surface area contributed by atoms with Crippen LogP contribution in [0.25, 0.3) is 0 Å². The van der Waals surface area contributed by atoms with Crippen molar-refractivity contribution >= 4 is 62.5 Å². The van der Waals surface area contributed by atoms with E-state index in [0.717, 1.165) is 15.6 Å². The van der Waals surface area contributed by atoms with Gasteiger partial charge in [0.25, 0.3) is 5.91 Å². The van der Waals surface area contributed by atoms with Crippen LogP contribution in [0.5, 0.6) is 5.75 Å². The highest BCUT2D eigenvalue weighted by Gasteiger charge is 2.54. The molecule has 1 amide bonds. The van der Waals surface area contributed by atoms with Gasteiger partial charge in [0.2, 0.25) is 5.90 Å².